The van der Waals surface area contributed by atoms with E-state index in [1.807, 2.05) is 13.8 Å². The molecule has 1 aliphatic heterocycles. The zero-order valence-electron chi connectivity index (χ0n) is 13.3. The van der Waals surface area contributed by atoms with E-state index in [1.54, 1.807) is 15.8 Å². The molecule has 22 heavy (non-hydrogen) atoms. The molecular weight excluding hydrogens is 304 g/mol. The molecule has 2 aliphatic rings. The van der Waals surface area contributed by atoms with Gasteiger partial charge in [0.25, 0.3) is 0 Å². The number of hydrogen-bond donors (Lipinski definition) is 1. The number of nitrogens with one attached hydrogen (secondary N) is 1. The standard InChI is InChI=1S/C14H24N4O3S/c1-4-22(20,21)17-8-7-11(10-5-6-10)12(17)13-15-16-14(19)18(13)9(2)3/h9-12H,4-8H2,1-3H3,(H,16,19). The Morgan fingerprint density at radius 3 is 2.55 bits per heavy atom. The Labute approximate surface area is 130 Å². The lowest BCUT2D eigenvalue weighted by atomic mass is 9.94. The molecule has 0 aromatic carbocycles. The summed E-state index contributed by atoms with van der Waals surface area (Å²) in [5.74, 6) is 1.49. The van der Waals surface area contributed by atoms with Crippen LogP contribution in [0.1, 0.15) is 57.9 Å². The summed E-state index contributed by atoms with van der Waals surface area (Å²) in [5, 5.41) is 6.70. The van der Waals surface area contributed by atoms with Gasteiger partial charge < -0.3 is 0 Å². The zero-order valence-corrected chi connectivity index (χ0v) is 14.1. The fourth-order valence-electron chi connectivity index (χ4n) is 3.63. The van der Waals surface area contributed by atoms with Gasteiger partial charge in [-0.3, -0.25) is 4.57 Å². The molecule has 1 saturated heterocycles. The highest BCUT2D eigenvalue weighted by Crippen LogP contribution is 2.50. The molecule has 1 aromatic heterocycles. The second-order valence-electron chi connectivity index (χ2n) is 6.60. The van der Waals surface area contributed by atoms with Crippen molar-refractivity contribution in [1.29, 1.82) is 0 Å². The summed E-state index contributed by atoms with van der Waals surface area (Å²) in [7, 11) is -3.30. The van der Waals surface area contributed by atoms with Gasteiger partial charge >= 0.3 is 5.69 Å². The number of aromatic nitrogens is 3. The lowest BCUT2D eigenvalue weighted by Crippen LogP contribution is -2.36. The van der Waals surface area contributed by atoms with Gasteiger partial charge in [-0.15, -0.1) is 0 Å². The lowest BCUT2D eigenvalue weighted by molar-refractivity contribution is 0.294. The van der Waals surface area contributed by atoms with Crippen molar-refractivity contribution in [2.24, 2.45) is 11.8 Å². The zero-order chi connectivity index (χ0) is 16.1. The van der Waals surface area contributed by atoms with Crippen molar-refractivity contribution in [3.63, 3.8) is 0 Å². The van der Waals surface area contributed by atoms with Crippen molar-refractivity contribution in [1.82, 2.24) is 19.1 Å². The molecule has 8 heteroatoms. The van der Waals surface area contributed by atoms with E-state index in [0.717, 1.165) is 19.3 Å². The number of hydrogen-bond acceptors (Lipinski definition) is 4. The highest BCUT2D eigenvalue weighted by Gasteiger charge is 2.49. The average Bonchev–Trinajstić information content (AvgIpc) is 3.08. The van der Waals surface area contributed by atoms with Crippen molar-refractivity contribution in [2.45, 2.75) is 52.1 Å². The Hall–Kier alpha value is -1.15. The molecule has 3 rings (SSSR count). The Morgan fingerprint density at radius 1 is 1.32 bits per heavy atom. The number of aromatic amines is 1. The Bertz CT molecular complexity index is 702. The maximum atomic E-state index is 12.5. The Morgan fingerprint density at radius 2 is 2.00 bits per heavy atom. The smallest absolute Gasteiger partial charge is 0.275 e. The maximum absolute atomic E-state index is 12.5. The number of rotatable bonds is 5. The summed E-state index contributed by atoms with van der Waals surface area (Å²) in [6.07, 6.45) is 3.16. The molecule has 2 heterocycles. The predicted octanol–water partition coefficient (Wildman–Crippen LogP) is 1.28. The van der Waals surface area contributed by atoms with Crippen LogP contribution in [0.3, 0.4) is 0 Å². The molecule has 2 unspecified atom stereocenters. The summed E-state index contributed by atoms with van der Waals surface area (Å²) < 4.78 is 28.1. The van der Waals surface area contributed by atoms with Gasteiger partial charge in [-0.25, -0.2) is 18.3 Å². The average molecular weight is 328 g/mol. The minimum Gasteiger partial charge on any atom is -0.275 e. The predicted molar refractivity (Wildman–Crippen MR) is 83.0 cm³/mol. The first-order valence-corrected chi connectivity index (χ1v) is 9.64. The monoisotopic (exact) mass is 328 g/mol. The molecule has 0 spiro atoms. The van der Waals surface area contributed by atoms with Gasteiger partial charge in [0.2, 0.25) is 10.0 Å². The van der Waals surface area contributed by atoms with Crippen LogP contribution in [0.4, 0.5) is 0 Å². The summed E-state index contributed by atoms with van der Waals surface area (Å²) in [6, 6.07) is -0.355. The van der Waals surface area contributed by atoms with Crippen molar-refractivity contribution >= 4 is 10.0 Å². The van der Waals surface area contributed by atoms with Crippen LogP contribution in [0, 0.1) is 11.8 Å². The second-order valence-corrected chi connectivity index (χ2v) is 8.81. The van der Waals surface area contributed by atoms with Crippen LogP contribution in [0.25, 0.3) is 0 Å². The van der Waals surface area contributed by atoms with Gasteiger partial charge in [0.15, 0.2) is 5.82 Å². The van der Waals surface area contributed by atoms with Crippen LogP contribution in [0.5, 0.6) is 0 Å². The third-order valence-corrected chi connectivity index (χ3v) is 6.71. The van der Waals surface area contributed by atoms with E-state index in [0.29, 0.717) is 18.3 Å². The molecule has 0 bridgehead atoms. The molecule has 0 amide bonds. The van der Waals surface area contributed by atoms with Gasteiger partial charge in [-0.05, 0) is 51.9 Å². The molecule has 1 aliphatic carbocycles. The summed E-state index contributed by atoms with van der Waals surface area (Å²) in [5.41, 5.74) is -0.264. The summed E-state index contributed by atoms with van der Waals surface area (Å²) >= 11 is 0. The van der Waals surface area contributed by atoms with Crippen LogP contribution >= 0.6 is 0 Å². The Balaban J connectivity index is 2.08. The van der Waals surface area contributed by atoms with E-state index in [2.05, 4.69) is 10.2 Å². The third-order valence-electron chi connectivity index (χ3n) is 4.86. The van der Waals surface area contributed by atoms with Crippen molar-refractivity contribution in [3.05, 3.63) is 16.3 Å². The SMILES string of the molecule is CCS(=O)(=O)N1CCC(C2CC2)C1c1n[nH]c(=O)n1C(C)C. The van der Waals surface area contributed by atoms with E-state index in [1.165, 1.54) is 0 Å². The first kappa shape index (κ1) is 15.7. The highest BCUT2D eigenvalue weighted by atomic mass is 32.2. The molecule has 1 aromatic rings. The first-order valence-electron chi connectivity index (χ1n) is 8.03. The normalized spacial score (nSPS) is 26.9. The maximum Gasteiger partial charge on any atom is 0.343 e. The van der Waals surface area contributed by atoms with Crippen molar-refractivity contribution < 1.29 is 8.42 Å². The quantitative estimate of drug-likeness (QED) is 0.882. The minimum absolute atomic E-state index is 0.0483. The van der Waals surface area contributed by atoms with Gasteiger partial charge in [0.1, 0.15) is 0 Å². The van der Waals surface area contributed by atoms with Gasteiger partial charge in [-0.1, -0.05) is 0 Å². The van der Waals surface area contributed by atoms with Gasteiger partial charge in [0, 0.05) is 12.6 Å². The fraction of sp³-hybridized carbons (Fsp3) is 0.857. The second kappa shape index (κ2) is 5.49. The molecule has 7 nitrogen and oxygen atoms in total. The molecule has 1 N–H and O–H groups in total. The van der Waals surface area contributed by atoms with Crippen LogP contribution in [-0.2, 0) is 10.0 Å². The fourth-order valence-corrected chi connectivity index (χ4v) is 4.94. The number of H-pyrrole nitrogens is 1. The third kappa shape index (κ3) is 2.52. The van der Waals surface area contributed by atoms with Crippen LogP contribution < -0.4 is 5.69 Å². The summed E-state index contributed by atoms with van der Waals surface area (Å²) in [4.78, 5) is 12.0. The first-order chi connectivity index (χ1) is 10.4. The van der Waals surface area contributed by atoms with E-state index < -0.39 is 10.0 Å². The molecule has 2 fully saturated rings. The molecule has 0 radical (unpaired) electrons. The molecule has 2 atom stereocenters. The van der Waals surface area contributed by atoms with Crippen molar-refractivity contribution in [3.8, 4) is 0 Å². The van der Waals surface area contributed by atoms with Crippen LogP contribution in [0.2, 0.25) is 0 Å². The van der Waals surface area contributed by atoms with E-state index in [9.17, 15) is 13.2 Å². The van der Waals surface area contributed by atoms with E-state index >= 15 is 0 Å². The molecular formula is C14H24N4O3S. The van der Waals surface area contributed by atoms with E-state index in [-0.39, 0.29) is 29.4 Å². The topological polar surface area (TPSA) is 88.1 Å². The van der Waals surface area contributed by atoms with E-state index in [4.69, 9.17) is 0 Å². The van der Waals surface area contributed by atoms with Crippen molar-refractivity contribution in [2.75, 3.05) is 12.3 Å². The largest absolute Gasteiger partial charge is 0.343 e. The summed E-state index contributed by atoms with van der Waals surface area (Å²) in [6.45, 7) is 6.03. The molecule has 124 valence electrons. The van der Waals surface area contributed by atoms with Crippen LogP contribution in [-0.4, -0.2) is 39.8 Å². The van der Waals surface area contributed by atoms with Gasteiger partial charge in [0.05, 0.1) is 11.8 Å². The molecule has 1 saturated carbocycles. The number of sulfonamides is 1. The Kier molecular flexibility index (Phi) is 3.92. The highest BCUT2D eigenvalue weighted by molar-refractivity contribution is 7.89. The lowest BCUT2D eigenvalue weighted by Gasteiger charge is -2.27. The van der Waals surface area contributed by atoms with Crippen LogP contribution in [0.15, 0.2) is 4.79 Å². The minimum atomic E-state index is -3.30. The van der Waals surface area contributed by atoms with Gasteiger partial charge in [-0.2, -0.15) is 9.40 Å². The number of nitrogens with zero attached hydrogens (tertiary/aromatic N) is 3.